The topological polar surface area (TPSA) is 118 Å². The number of carbonyl (C=O) groups is 1. The van der Waals surface area contributed by atoms with Crippen molar-refractivity contribution < 1.29 is 39.8 Å². The number of halogens is 2. The van der Waals surface area contributed by atoms with Gasteiger partial charge in [0.1, 0.15) is 24.4 Å². The molecular weight excluding hydrogens is 521 g/mol. The molecule has 115 valence electrons. The van der Waals surface area contributed by atoms with Crippen LogP contribution in [0, 0.1) is 0 Å². The number of hydrogen-bond acceptors (Lipinski definition) is 6. The van der Waals surface area contributed by atoms with E-state index in [1.807, 2.05) is 6.92 Å². The summed E-state index contributed by atoms with van der Waals surface area (Å²) >= 11 is 4.74. The zero-order valence-corrected chi connectivity index (χ0v) is 16.2. The molecule has 19 heavy (non-hydrogen) atoms. The number of aliphatic hydroxyl groups is 5. The summed E-state index contributed by atoms with van der Waals surface area (Å²) in [7, 11) is 0.628. The van der Waals surface area contributed by atoms with Gasteiger partial charge in [0, 0.05) is 6.42 Å². The molecule has 0 aromatic heterocycles. The van der Waals surface area contributed by atoms with Crippen molar-refractivity contribution >= 4 is 45.7 Å². The Labute approximate surface area is 141 Å². The van der Waals surface area contributed by atoms with E-state index in [4.69, 9.17) is 10.2 Å². The van der Waals surface area contributed by atoms with E-state index in [2.05, 4.69) is 40.0 Å². The van der Waals surface area contributed by atoms with Crippen LogP contribution >= 0.6 is 40.0 Å². The van der Waals surface area contributed by atoms with E-state index in [0.717, 1.165) is 6.42 Å². The minimum atomic E-state index is -1.79. The van der Waals surface area contributed by atoms with Crippen LogP contribution in [0.15, 0.2) is 0 Å². The van der Waals surface area contributed by atoms with E-state index >= 15 is 0 Å². The SMILES string of the molecule is CCCCC(=O)C(O)C(O)C(O)C(O)CO.[I][V][I]. The maximum absolute atomic E-state index is 11.3. The zero-order valence-electron chi connectivity index (χ0n) is 10.5. The van der Waals surface area contributed by atoms with E-state index < -0.39 is 36.8 Å². The van der Waals surface area contributed by atoms with Crippen molar-refractivity contribution in [3.8, 4) is 0 Å². The van der Waals surface area contributed by atoms with Crippen LogP contribution in [0.4, 0.5) is 0 Å². The first-order valence-corrected chi connectivity index (χ1v) is 14.7. The second-order valence-corrected chi connectivity index (χ2v) is 15.6. The monoisotopic (exact) mass is 541 g/mol. The normalized spacial score (nSPS) is 16.6. The fourth-order valence-corrected chi connectivity index (χ4v) is 1.21. The molecule has 0 bridgehead atoms. The summed E-state index contributed by atoms with van der Waals surface area (Å²) in [6.45, 7) is 1.12. The number of unbranched alkanes of at least 4 members (excludes halogenated alkanes) is 1. The number of Topliss-reactive ketones (excluding diaryl/α,β-unsaturated/α-hetero) is 1. The van der Waals surface area contributed by atoms with Gasteiger partial charge in [-0.25, -0.2) is 0 Å². The Bertz CT molecular complexity index is 234. The van der Waals surface area contributed by atoms with Gasteiger partial charge in [0.2, 0.25) is 0 Å². The van der Waals surface area contributed by atoms with Gasteiger partial charge in [-0.3, -0.25) is 4.79 Å². The molecule has 0 saturated heterocycles. The van der Waals surface area contributed by atoms with Gasteiger partial charge in [-0.1, -0.05) is 13.3 Å². The standard InChI is InChI=1S/C10H20O6.2HI.V/c1-2-3-4-6(12)8(14)10(16)9(15)7(13)5-11;;;/h7-11,13-16H,2-5H2,1H3;2*1H;/q;;;+2/p-2. The molecule has 0 aliphatic heterocycles. The molecule has 0 amide bonds. The third-order valence-corrected chi connectivity index (χ3v) is 2.36. The summed E-state index contributed by atoms with van der Waals surface area (Å²) in [4.78, 5) is 11.3. The van der Waals surface area contributed by atoms with Gasteiger partial charge in [-0.05, 0) is 6.42 Å². The van der Waals surface area contributed by atoms with Crippen LogP contribution < -0.4 is 0 Å². The van der Waals surface area contributed by atoms with E-state index in [1.54, 1.807) is 0 Å². The Morgan fingerprint density at radius 2 is 1.63 bits per heavy atom. The molecule has 0 spiro atoms. The first-order valence-electron chi connectivity index (χ1n) is 5.65. The van der Waals surface area contributed by atoms with Crippen molar-refractivity contribution in [3.63, 3.8) is 0 Å². The molecule has 0 aliphatic rings. The van der Waals surface area contributed by atoms with Crippen molar-refractivity contribution in [1.82, 2.24) is 0 Å². The van der Waals surface area contributed by atoms with Gasteiger partial charge in [0.05, 0.1) is 6.61 Å². The maximum atomic E-state index is 11.3. The molecule has 4 unspecified atom stereocenters. The van der Waals surface area contributed by atoms with Crippen molar-refractivity contribution in [1.29, 1.82) is 0 Å². The second kappa shape index (κ2) is 14.5. The average Bonchev–Trinajstić information content (AvgIpc) is 2.42. The molecule has 5 N–H and O–H groups in total. The first kappa shape index (κ1) is 22.8. The van der Waals surface area contributed by atoms with E-state index in [0.29, 0.717) is 15.9 Å². The Hall–Kier alpha value is 1.51. The molecule has 6 nitrogen and oxygen atoms in total. The predicted octanol–water partition coefficient (Wildman–Crippen LogP) is -0.0495. The summed E-state index contributed by atoms with van der Waals surface area (Å²) < 4.78 is 0. The minimum absolute atomic E-state index is 0.108. The fraction of sp³-hybridized carbons (Fsp3) is 0.900. The number of rotatable bonds is 8. The molecule has 0 aromatic rings. The second-order valence-electron chi connectivity index (χ2n) is 3.81. The quantitative estimate of drug-likeness (QED) is 0.276. The van der Waals surface area contributed by atoms with Gasteiger partial charge in [-0.15, -0.1) is 0 Å². The third kappa shape index (κ3) is 10.8. The summed E-state index contributed by atoms with van der Waals surface area (Å²) in [5.74, 6) is -0.585. The molecule has 0 heterocycles. The Morgan fingerprint density at radius 3 is 2.00 bits per heavy atom. The average molecular weight is 541 g/mol. The number of carbonyl (C=O) groups excluding carboxylic acids is 1. The molecule has 0 saturated carbocycles. The van der Waals surface area contributed by atoms with Crippen molar-refractivity contribution in [3.05, 3.63) is 0 Å². The van der Waals surface area contributed by atoms with Crippen LogP contribution in [-0.2, 0) is 14.3 Å². The van der Waals surface area contributed by atoms with Crippen molar-refractivity contribution in [2.45, 2.75) is 50.6 Å². The first-order chi connectivity index (χ1) is 8.87. The summed E-state index contributed by atoms with van der Waals surface area (Å²) in [6.07, 6.45) is -5.38. The van der Waals surface area contributed by atoms with Gasteiger partial charge in [-0.2, -0.15) is 0 Å². The van der Waals surface area contributed by atoms with Gasteiger partial charge in [0.25, 0.3) is 0 Å². The number of ketones is 1. The molecule has 9 heteroatoms. The number of aliphatic hydroxyl groups excluding tert-OH is 5. The van der Waals surface area contributed by atoms with E-state index in [-0.39, 0.29) is 6.42 Å². The molecular formula is C10H20I2O6V. The van der Waals surface area contributed by atoms with E-state index in [1.165, 1.54) is 0 Å². The molecule has 0 fully saturated rings. The fourth-order valence-electron chi connectivity index (χ4n) is 1.21. The molecule has 0 radical (unpaired) electrons. The van der Waals surface area contributed by atoms with Crippen LogP contribution in [0.5, 0.6) is 0 Å². The van der Waals surface area contributed by atoms with Crippen LogP contribution in [0.3, 0.4) is 0 Å². The Balaban J connectivity index is 0. The van der Waals surface area contributed by atoms with Crippen molar-refractivity contribution in [2.24, 2.45) is 0 Å². The van der Waals surface area contributed by atoms with Gasteiger partial charge >= 0.3 is 49.4 Å². The summed E-state index contributed by atoms with van der Waals surface area (Å²) in [5.41, 5.74) is 0. The Kier molecular flexibility index (Phi) is 17.3. The summed E-state index contributed by atoms with van der Waals surface area (Å²) in [6, 6.07) is 0. The van der Waals surface area contributed by atoms with Crippen LogP contribution in [0.2, 0.25) is 0 Å². The Morgan fingerprint density at radius 1 is 1.16 bits per heavy atom. The summed E-state index contributed by atoms with van der Waals surface area (Å²) in [5, 5.41) is 45.5. The van der Waals surface area contributed by atoms with Crippen LogP contribution in [0.25, 0.3) is 0 Å². The third-order valence-electron chi connectivity index (χ3n) is 2.36. The molecule has 0 rings (SSSR count). The molecule has 0 aliphatic carbocycles. The van der Waals surface area contributed by atoms with Crippen LogP contribution in [0.1, 0.15) is 26.2 Å². The number of hydrogen-bond donors (Lipinski definition) is 5. The van der Waals surface area contributed by atoms with Crippen LogP contribution in [-0.4, -0.2) is 62.3 Å². The predicted molar refractivity (Wildman–Crippen MR) is 83.7 cm³/mol. The van der Waals surface area contributed by atoms with Crippen molar-refractivity contribution in [2.75, 3.05) is 6.61 Å². The molecule has 0 aromatic carbocycles. The van der Waals surface area contributed by atoms with Gasteiger partial charge < -0.3 is 25.5 Å². The van der Waals surface area contributed by atoms with Gasteiger partial charge in [0.15, 0.2) is 5.78 Å². The van der Waals surface area contributed by atoms with E-state index in [9.17, 15) is 20.1 Å². The zero-order chi connectivity index (χ0) is 15.4. The molecule has 4 atom stereocenters.